The van der Waals surface area contributed by atoms with E-state index in [4.69, 9.17) is 4.74 Å². The van der Waals surface area contributed by atoms with E-state index in [1.807, 2.05) is 36.4 Å². The number of carbonyl (C=O) groups is 2. The summed E-state index contributed by atoms with van der Waals surface area (Å²) in [6, 6.07) is 22.6. The molecule has 0 bridgehead atoms. The summed E-state index contributed by atoms with van der Waals surface area (Å²) >= 11 is 0. The molecule has 0 aromatic heterocycles. The maximum atomic E-state index is 12.9. The highest BCUT2D eigenvalue weighted by atomic mass is 32.2. The molecule has 0 atom stereocenters. The molecule has 0 radical (unpaired) electrons. The number of para-hydroxylation sites is 2. The number of carbonyl (C=O) groups excluding carboxylic acids is 2. The van der Waals surface area contributed by atoms with Gasteiger partial charge in [-0.15, -0.1) is 0 Å². The van der Waals surface area contributed by atoms with Crippen LogP contribution < -0.4 is 15.0 Å². The third kappa shape index (κ3) is 5.27. The minimum Gasteiger partial charge on any atom is -0.482 e. The van der Waals surface area contributed by atoms with E-state index in [9.17, 15) is 18.0 Å². The van der Waals surface area contributed by atoms with Crippen LogP contribution in [0.1, 0.15) is 12.0 Å². The second-order valence-corrected chi connectivity index (χ2v) is 9.92. The first-order valence-corrected chi connectivity index (χ1v) is 12.2. The number of nitrogens with zero attached hydrogens (tertiary/aromatic N) is 2. The van der Waals surface area contributed by atoms with Crippen LogP contribution in [0.2, 0.25) is 0 Å². The van der Waals surface area contributed by atoms with Crippen molar-refractivity contribution in [2.45, 2.75) is 17.9 Å². The molecule has 1 heterocycles. The lowest BCUT2D eigenvalue weighted by molar-refractivity contribution is -0.121. The van der Waals surface area contributed by atoms with E-state index in [1.165, 1.54) is 28.4 Å². The van der Waals surface area contributed by atoms with E-state index in [0.29, 0.717) is 17.1 Å². The van der Waals surface area contributed by atoms with Crippen molar-refractivity contribution in [1.82, 2.24) is 4.31 Å². The molecule has 1 N–H and O–H groups in total. The number of fused-ring (bicyclic) bond motifs is 1. The zero-order chi connectivity index (χ0) is 24.1. The highest BCUT2D eigenvalue weighted by molar-refractivity contribution is 7.89. The van der Waals surface area contributed by atoms with Crippen LogP contribution >= 0.6 is 0 Å². The molecular weight excluding hydrogens is 454 g/mol. The van der Waals surface area contributed by atoms with E-state index in [2.05, 4.69) is 5.32 Å². The van der Waals surface area contributed by atoms with Crippen molar-refractivity contribution in [2.75, 3.05) is 30.4 Å². The Balaban J connectivity index is 1.35. The van der Waals surface area contributed by atoms with E-state index < -0.39 is 10.0 Å². The summed E-state index contributed by atoms with van der Waals surface area (Å²) in [6.45, 7) is 0.403. The molecule has 0 aliphatic carbocycles. The third-order valence-electron chi connectivity index (χ3n) is 5.47. The summed E-state index contributed by atoms with van der Waals surface area (Å²) in [4.78, 5) is 26.4. The van der Waals surface area contributed by atoms with Crippen molar-refractivity contribution in [1.29, 1.82) is 0 Å². The topological polar surface area (TPSA) is 96.0 Å². The Morgan fingerprint density at radius 3 is 2.41 bits per heavy atom. The fourth-order valence-electron chi connectivity index (χ4n) is 3.65. The van der Waals surface area contributed by atoms with Crippen LogP contribution in [0.3, 0.4) is 0 Å². The van der Waals surface area contributed by atoms with E-state index in [0.717, 1.165) is 5.56 Å². The summed E-state index contributed by atoms with van der Waals surface area (Å²) in [6.07, 6.45) is 0.0833. The van der Waals surface area contributed by atoms with Gasteiger partial charge in [0.1, 0.15) is 5.75 Å². The molecular formula is C25H25N3O5S. The highest BCUT2D eigenvalue weighted by Crippen LogP contribution is 2.31. The van der Waals surface area contributed by atoms with Gasteiger partial charge in [-0.1, -0.05) is 42.5 Å². The summed E-state index contributed by atoms with van der Waals surface area (Å²) in [7, 11) is -2.15. The number of nitrogens with one attached hydrogen (secondary N) is 1. The van der Waals surface area contributed by atoms with Gasteiger partial charge in [0.25, 0.3) is 5.91 Å². The number of hydrogen-bond donors (Lipinski definition) is 1. The molecule has 3 aromatic carbocycles. The van der Waals surface area contributed by atoms with Crippen LogP contribution in [-0.4, -0.2) is 44.7 Å². The molecule has 3 aromatic rings. The van der Waals surface area contributed by atoms with Gasteiger partial charge >= 0.3 is 0 Å². The molecule has 0 saturated carbocycles. The Bertz CT molecular complexity index is 1280. The Morgan fingerprint density at radius 2 is 1.68 bits per heavy atom. The largest absolute Gasteiger partial charge is 0.482 e. The van der Waals surface area contributed by atoms with Crippen molar-refractivity contribution in [3.63, 3.8) is 0 Å². The van der Waals surface area contributed by atoms with Gasteiger partial charge in [0.15, 0.2) is 6.61 Å². The molecule has 0 saturated heterocycles. The smallest absolute Gasteiger partial charge is 0.265 e. The lowest BCUT2D eigenvalue weighted by atomic mass is 10.2. The summed E-state index contributed by atoms with van der Waals surface area (Å²) < 4.78 is 32.4. The number of amides is 2. The van der Waals surface area contributed by atoms with Crippen molar-refractivity contribution in [3.8, 4) is 5.75 Å². The maximum Gasteiger partial charge on any atom is 0.265 e. The van der Waals surface area contributed by atoms with E-state index >= 15 is 0 Å². The molecule has 0 fully saturated rings. The minimum atomic E-state index is -3.68. The molecule has 0 spiro atoms. The number of hydrogen-bond acceptors (Lipinski definition) is 5. The molecule has 34 heavy (non-hydrogen) atoms. The standard InChI is InChI=1S/C25H25N3O5S/c1-27(17-19-7-3-2-4-8-19)34(31,32)21-13-11-20(12-14-21)26-24(29)15-16-28-22-9-5-6-10-23(22)33-18-25(28)30/h2-14H,15-18H2,1H3,(H,26,29). The summed E-state index contributed by atoms with van der Waals surface area (Å²) in [5, 5.41) is 2.75. The monoisotopic (exact) mass is 479 g/mol. The van der Waals surface area contributed by atoms with Gasteiger partial charge in [-0.2, -0.15) is 4.31 Å². The van der Waals surface area contributed by atoms with Gasteiger partial charge in [0.2, 0.25) is 15.9 Å². The Kier molecular flexibility index (Phi) is 6.95. The van der Waals surface area contributed by atoms with Gasteiger partial charge < -0.3 is 15.0 Å². The van der Waals surface area contributed by atoms with Gasteiger partial charge in [-0.05, 0) is 42.0 Å². The number of anilines is 2. The van der Waals surface area contributed by atoms with Crippen molar-refractivity contribution in [3.05, 3.63) is 84.4 Å². The molecule has 176 valence electrons. The van der Waals surface area contributed by atoms with E-state index in [1.54, 1.807) is 30.3 Å². The Morgan fingerprint density at radius 1 is 1.00 bits per heavy atom. The van der Waals surface area contributed by atoms with Crippen LogP contribution in [0.4, 0.5) is 11.4 Å². The zero-order valence-corrected chi connectivity index (χ0v) is 19.5. The van der Waals surface area contributed by atoms with Gasteiger partial charge in [0.05, 0.1) is 10.6 Å². The molecule has 1 aliphatic rings. The maximum absolute atomic E-state index is 12.9. The fraction of sp³-hybridized carbons (Fsp3) is 0.200. The number of rotatable bonds is 8. The highest BCUT2D eigenvalue weighted by Gasteiger charge is 2.25. The molecule has 9 heteroatoms. The zero-order valence-electron chi connectivity index (χ0n) is 18.7. The predicted octanol–water partition coefficient (Wildman–Crippen LogP) is 3.26. The predicted molar refractivity (Wildman–Crippen MR) is 129 cm³/mol. The first-order chi connectivity index (χ1) is 16.3. The van der Waals surface area contributed by atoms with Crippen molar-refractivity contribution >= 4 is 33.2 Å². The number of ether oxygens (including phenoxy) is 1. The summed E-state index contributed by atoms with van der Waals surface area (Å²) in [5.41, 5.74) is 2.00. The molecule has 2 amide bonds. The minimum absolute atomic E-state index is 0.0622. The second kappa shape index (κ2) is 10.1. The van der Waals surface area contributed by atoms with Crippen molar-refractivity contribution < 1.29 is 22.7 Å². The number of benzene rings is 3. The van der Waals surface area contributed by atoms with E-state index in [-0.39, 0.29) is 42.8 Å². The van der Waals surface area contributed by atoms with Crippen LogP contribution in [0.5, 0.6) is 5.75 Å². The molecule has 8 nitrogen and oxygen atoms in total. The van der Waals surface area contributed by atoms with Crippen molar-refractivity contribution in [2.24, 2.45) is 0 Å². The van der Waals surface area contributed by atoms with Crippen LogP contribution in [0.25, 0.3) is 0 Å². The average molecular weight is 480 g/mol. The first kappa shape index (κ1) is 23.5. The van der Waals surface area contributed by atoms with Gasteiger partial charge in [-0.3, -0.25) is 9.59 Å². The van der Waals surface area contributed by atoms with Crippen LogP contribution in [-0.2, 0) is 26.2 Å². The quantitative estimate of drug-likeness (QED) is 0.535. The van der Waals surface area contributed by atoms with Crippen LogP contribution in [0, 0.1) is 0 Å². The Hall–Kier alpha value is -3.69. The second-order valence-electron chi connectivity index (χ2n) is 7.87. The van der Waals surface area contributed by atoms with Crippen LogP contribution in [0.15, 0.2) is 83.8 Å². The molecule has 1 aliphatic heterocycles. The summed E-state index contributed by atoms with van der Waals surface area (Å²) in [5.74, 6) is 0.116. The fourth-order valence-corrected chi connectivity index (χ4v) is 4.81. The normalized spacial score (nSPS) is 13.4. The van der Waals surface area contributed by atoms with Gasteiger partial charge in [0, 0.05) is 32.2 Å². The lowest BCUT2D eigenvalue weighted by Gasteiger charge is -2.29. The number of sulfonamides is 1. The first-order valence-electron chi connectivity index (χ1n) is 10.8. The lowest BCUT2D eigenvalue weighted by Crippen LogP contribution is -2.40. The third-order valence-corrected chi connectivity index (χ3v) is 7.28. The molecule has 4 rings (SSSR count). The SMILES string of the molecule is CN(Cc1ccccc1)S(=O)(=O)c1ccc(NC(=O)CCN2C(=O)COc3ccccc32)cc1. The van der Waals surface area contributed by atoms with Gasteiger partial charge in [-0.25, -0.2) is 8.42 Å². The Labute approximate surface area is 198 Å². The molecule has 0 unspecified atom stereocenters. The average Bonchev–Trinajstić information content (AvgIpc) is 2.84.